The topological polar surface area (TPSA) is 31.2 Å². The molecule has 0 amide bonds. The lowest BCUT2D eigenvalue weighted by Crippen LogP contribution is -2.09. The van der Waals surface area contributed by atoms with E-state index in [1.165, 1.54) is 0 Å². The van der Waals surface area contributed by atoms with E-state index in [2.05, 4.69) is 0 Å². The molecular weight excluding hydrogens is 214 g/mol. The molecule has 0 bridgehead atoms. The van der Waals surface area contributed by atoms with Crippen LogP contribution >= 0.6 is 0 Å². The molecule has 3 heteroatoms. The van der Waals surface area contributed by atoms with Gasteiger partial charge in [-0.25, -0.2) is 4.79 Å². The number of ether oxygens (including phenoxy) is 1. The van der Waals surface area contributed by atoms with Crippen LogP contribution in [0.1, 0.15) is 23.7 Å². The Kier molecular flexibility index (Phi) is 3.60. The van der Waals surface area contributed by atoms with Gasteiger partial charge in [0.2, 0.25) is 0 Å². The number of rotatable bonds is 4. The largest absolute Gasteiger partial charge is 0.462 e. The predicted molar refractivity (Wildman–Crippen MR) is 66.3 cm³/mol. The van der Waals surface area contributed by atoms with Crippen LogP contribution in [0.15, 0.2) is 48.8 Å². The van der Waals surface area contributed by atoms with E-state index in [0.717, 1.165) is 12.1 Å². The predicted octanol–water partition coefficient (Wildman–Crippen LogP) is 3.04. The fourth-order valence-corrected chi connectivity index (χ4v) is 1.64. The van der Waals surface area contributed by atoms with Gasteiger partial charge >= 0.3 is 5.97 Å². The summed E-state index contributed by atoms with van der Waals surface area (Å²) in [4.78, 5) is 11.9. The molecule has 1 heterocycles. The Hall–Kier alpha value is -2.03. The van der Waals surface area contributed by atoms with Crippen molar-refractivity contribution in [1.29, 1.82) is 0 Å². The molecule has 0 aliphatic rings. The maximum Gasteiger partial charge on any atom is 0.340 e. The van der Waals surface area contributed by atoms with Gasteiger partial charge in [-0.2, -0.15) is 0 Å². The van der Waals surface area contributed by atoms with Crippen LogP contribution in [0.25, 0.3) is 5.69 Å². The zero-order valence-corrected chi connectivity index (χ0v) is 9.80. The fraction of sp³-hybridized carbons (Fsp3) is 0.214. The van der Waals surface area contributed by atoms with Crippen molar-refractivity contribution < 1.29 is 9.53 Å². The zero-order valence-electron chi connectivity index (χ0n) is 9.80. The molecule has 0 fully saturated rings. The average Bonchev–Trinajstić information content (AvgIpc) is 2.89. The summed E-state index contributed by atoms with van der Waals surface area (Å²) in [5.74, 6) is -0.267. The van der Waals surface area contributed by atoms with Crippen LogP contribution in [-0.4, -0.2) is 17.1 Å². The van der Waals surface area contributed by atoms with Crippen molar-refractivity contribution in [3.63, 3.8) is 0 Å². The first-order valence-corrected chi connectivity index (χ1v) is 5.72. The molecule has 0 unspecified atom stereocenters. The molecule has 0 saturated heterocycles. The lowest BCUT2D eigenvalue weighted by atomic mass is 10.2. The highest BCUT2D eigenvalue weighted by atomic mass is 16.5. The van der Waals surface area contributed by atoms with Gasteiger partial charge < -0.3 is 9.30 Å². The molecule has 0 N–H and O–H groups in total. The molecule has 0 aliphatic carbocycles. The number of para-hydroxylation sites is 1. The van der Waals surface area contributed by atoms with Crippen LogP contribution in [0.5, 0.6) is 0 Å². The number of nitrogens with zero attached hydrogens (tertiary/aromatic N) is 1. The third-order valence-electron chi connectivity index (χ3n) is 2.44. The van der Waals surface area contributed by atoms with Crippen molar-refractivity contribution in [2.45, 2.75) is 13.3 Å². The Morgan fingerprint density at radius 3 is 2.59 bits per heavy atom. The van der Waals surface area contributed by atoms with Gasteiger partial charge in [-0.05, 0) is 30.7 Å². The molecule has 0 radical (unpaired) electrons. The number of carbonyl (C=O) groups is 1. The van der Waals surface area contributed by atoms with Crippen LogP contribution in [0.2, 0.25) is 0 Å². The SMILES string of the molecule is CCCOC(=O)c1ccccc1-n1cccc1. The molecule has 2 rings (SSSR count). The van der Waals surface area contributed by atoms with Crippen molar-refractivity contribution in [2.24, 2.45) is 0 Å². The van der Waals surface area contributed by atoms with Gasteiger partial charge in [0.05, 0.1) is 17.9 Å². The van der Waals surface area contributed by atoms with Gasteiger partial charge in [-0.1, -0.05) is 19.1 Å². The van der Waals surface area contributed by atoms with Crippen LogP contribution in [-0.2, 0) is 4.74 Å². The Labute approximate surface area is 101 Å². The van der Waals surface area contributed by atoms with Gasteiger partial charge in [0.25, 0.3) is 0 Å². The molecule has 1 aromatic heterocycles. The summed E-state index contributed by atoms with van der Waals surface area (Å²) in [7, 11) is 0. The van der Waals surface area contributed by atoms with E-state index >= 15 is 0 Å². The molecule has 3 nitrogen and oxygen atoms in total. The monoisotopic (exact) mass is 229 g/mol. The maximum atomic E-state index is 11.9. The van der Waals surface area contributed by atoms with E-state index in [9.17, 15) is 4.79 Å². The number of aromatic nitrogens is 1. The number of esters is 1. The number of benzene rings is 1. The number of hydrogen-bond acceptors (Lipinski definition) is 2. The third kappa shape index (κ3) is 2.56. The fourth-order valence-electron chi connectivity index (χ4n) is 1.64. The van der Waals surface area contributed by atoms with Crippen molar-refractivity contribution >= 4 is 5.97 Å². The van der Waals surface area contributed by atoms with E-state index in [1.807, 2.05) is 54.2 Å². The summed E-state index contributed by atoms with van der Waals surface area (Å²) in [5, 5.41) is 0. The zero-order chi connectivity index (χ0) is 12.1. The van der Waals surface area contributed by atoms with Gasteiger partial charge in [0.1, 0.15) is 0 Å². The van der Waals surface area contributed by atoms with Crippen molar-refractivity contribution in [1.82, 2.24) is 4.57 Å². The third-order valence-corrected chi connectivity index (χ3v) is 2.44. The average molecular weight is 229 g/mol. The highest BCUT2D eigenvalue weighted by Crippen LogP contribution is 2.15. The molecule has 17 heavy (non-hydrogen) atoms. The van der Waals surface area contributed by atoms with Crippen LogP contribution in [0.3, 0.4) is 0 Å². The lowest BCUT2D eigenvalue weighted by molar-refractivity contribution is 0.0505. The summed E-state index contributed by atoms with van der Waals surface area (Å²) < 4.78 is 7.07. The smallest absolute Gasteiger partial charge is 0.340 e. The molecule has 0 atom stereocenters. The highest BCUT2D eigenvalue weighted by molar-refractivity contribution is 5.93. The molecule has 0 aliphatic heterocycles. The minimum Gasteiger partial charge on any atom is -0.462 e. The van der Waals surface area contributed by atoms with Gasteiger partial charge in [-0.15, -0.1) is 0 Å². The van der Waals surface area contributed by atoms with Gasteiger partial charge in [0, 0.05) is 12.4 Å². The molecule has 88 valence electrons. The summed E-state index contributed by atoms with van der Waals surface area (Å²) in [5.41, 5.74) is 1.44. The molecule has 0 spiro atoms. The van der Waals surface area contributed by atoms with Crippen molar-refractivity contribution in [3.8, 4) is 5.69 Å². The van der Waals surface area contributed by atoms with Gasteiger partial charge in [0.15, 0.2) is 0 Å². The van der Waals surface area contributed by atoms with E-state index in [4.69, 9.17) is 4.74 Å². The number of hydrogen-bond donors (Lipinski definition) is 0. The first kappa shape index (κ1) is 11.5. The number of carbonyl (C=O) groups excluding carboxylic acids is 1. The molecule has 1 aromatic carbocycles. The van der Waals surface area contributed by atoms with E-state index in [1.54, 1.807) is 6.07 Å². The normalized spacial score (nSPS) is 10.2. The van der Waals surface area contributed by atoms with Gasteiger partial charge in [-0.3, -0.25) is 0 Å². The van der Waals surface area contributed by atoms with Crippen LogP contribution < -0.4 is 0 Å². The second-order valence-corrected chi connectivity index (χ2v) is 3.74. The molecular formula is C14H15NO2. The van der Waals surface area contributed by atoms with Crippen LogP contribution in [0, 0.1) is 0 Å². The summed E-state index contributed by atoms with van der Waals surface area (Å²) in [6, 6.07) is 11.3. The van der Waals surface area contributed by atoms with E-state index in [-0.39, 0.29) is 5.97 Å². The summed E-state index contributed by atoms with van der Waals surface area (Å²) in [6.07, 6.45) is 4.65. The molecule has 0 saturated carbocycles. The Balaban J connectivity index is 2.31. The Bertz CT molecular complexity index is 489. The quantitative estimate of drug-likeness (QED) is 0.754. The minimum absolute atomic E-state index is 0.267. The standard InChI is InChI=1S/C14H15NO2/c1-2-11-17-14(16)12-7-3-4-8-13(12)15-9-5-6-10-15/h3-10H,2,11H2,1H3. The summed E-state index contributed by atoms with van der Waals surface area (Å²) >= 11 is 0. The Morgan fingerprint density at radius 2 is 1.88 bits per heavy atom. The van der Waals surface area contributed by atoms with E-state index in [0.29, 0.717) is 12.2 Å². The second kappa shape index (κ2) is 5.34. The molecule has 2 aromatic rings. The van der Waals surface area contributed by atoms with Crippen molar-refractivity contribution in [2.75, 3.05) is 6.61 Å². The lowest BCUT2D eigenvalue weighted by Gasteiger charge is -2.09. The highest BCUT2D eigenvalue weighted by Gasteiger charge is 2.12. The van der Waals surface area contributed by atoms with Crippen LogP contribution in [0.4, 0.5) is 0 Å². The van der Waals surface area contributed by atoms with E-state index < -0.39 is 0 Å². The minimum atomic E-state index is -0.267. The second-order valence-electron chi connectivity index (χ2n) is 3.74. The summed E-state index contributed by atoms with van der Waals surface area (Å²) in [6.45, 7) is 2.43. The first-order valence-electron chi connectivity index (χ1n) is 5.72. The maximum absolute atomic E-state index is 11.9. The van der Waals surface area contributed by atoms with Crippen molar-refractivity contribution in [3.05, 3.63) is 54.4 Å². The first-order chi connectivity index (χ1) is 8.33. The Morgan fingerprint density at radius 1 is 1.18 bits per heavy atom.